The van der Waals surface area contributed by atoms with E-state index in [4.69, 9.17) is 4.74 Å². The van der Waals surface area contributed by atoms with Crippen LogP contribution in [0.1, 0.15) is 10.4 Å². The molecule has 1 aromatic rings. The Bertz CT molecular complexity index is 404. The van der Waals surface area contributed by atoms with Crippen LogP contribution in [0.4, 0.5) is 5.69 Å². The second kappa shape index (κ2) is 7.95. The Morgan fingerprint density at radius 2 is 2.06 bits per heavy atom. The highest BCUT2D eigenvalue weighted by molar-refractivity contribution is 5.89. The Morgan fingerprint density at radius 3 is 2.44 bits per heavy atom. The van der Waals surface area contributed by atoms with Crippen LogP contribution in [0.5, 0.6) is 0 Å². The van der Waals surface area contributed by atoms with Crippen molar-refractivity contribution in [1.29, 1.82) is 0 Å². The summed E-state index contributed by atoms with van der Waals surface area (Å²) in [4.78, 5) is 11.3. The maximum absolute atomic E-state index is 11.3. The predicted molar refractivity (Wildman–Crippen MR) is 71.6 cm³/mol. The number of ether oxygens (including phenoxy) is 2. The van der Waals surface area contributed by atoms with Gasteiger partial charge in [0.15, 0.2) is 0 Å². The highest BCUT2D eigenvalue weighted by Crippen LogP contribution is 2.09. The van der Waals surface area contributed by atoms with Crippen molar-refractivity contribution < 1.29 is 14.3 Å². The molecule has 2 rings (SSSR count). The van der Waals surface area contributed by atoms with E-state index >= 15 is 0 Å². The Hall–Kier alpha value is -2.23. The summed E-state index contributed by atoms with van der Waals surface area (Å²) in [5.74, 6) is -0.326. The van der Waals surface area contributed by atoms with Crippen molar-refractivity contribution in [3.8, 4) is 0 Å². The molecule has 0 aromatic heterocycles. The van der Waals surface area contributed by atoms with E-state index in [0.29, 0.717) is 5.56 Å². The molecule has 0 amide bonds. The van der Waals surface area contributed by atoms with Gasteiger partial charge in [-0.25, -0.2) is 4.79 Å². The molecule has 0 saturated heterocycles. The van der Waals surface area contributed by atoms with Crippen molar-refractivity contribution in [1.82, 2.24) is 0 Å². The fourth-order valence-electron chi connectivity index (χ4n) is 1.09. The van der Waals surface area contributed by atoms with Gasteiger partial charge in [-0.2, -0.15) is 0 Å². The molecule has 0 saturated carbocycles. The van der Waals surface area contributed by atoms with Gasteiger partial charge in [0.25, 0.3) is 0 Å². The van der Waals surface area contributed by atoms with Gasteiger partial charge in [0, 0.05) is 12.7 Å². The molecule has 0 spiro atoms. The molecule has 1 aliphatic rings. The number of hydrogen-bond acceptors (Lipinski definition) is 4. The first-order valence-corrected chi connectivity index (χ1v) is 5.60. The highest BCUT2D eigenvalue weighted by Gasteiger charge is 2.04. The zero-order chi connectivity index (χ0) is 13.2. The van der Waals surface area contributed by atoms with Gasteiger partial charge in [-0.15, -0.1) is 0 Å². The average Bonchev–Trinajstić information content (AvgIpc) is 2.34. The van der Waals surface area contributed by atoms with Crippen molar-refractivity contribution in [3.63, 3.8) is 0 Å². The third kappa shape index (κ3) is 4.74. The van der Waals surface area contributed by atoms with E-state index in [1.807, 2.05) is 25.3 Å². The van der Waals surface area contributed by atoms with Crippen LogP contribution in [-0.2, 0) is 9.47 Å². The molecule has 0 unspecified atom stereocenters. The third-order valence-electron chi connectivity index (χ3n) is 2.13. The number of carbonyl (C=O) groups excluding carboxylic acids is 1. The van der Waals surface area contributed by atoms with Gasteiger partial charge in [0.1, 0.15) is 13.2 Å². The molecule has 0 radical (unpaired) electrons. The molecule has 4 heteroatoms. The van der Waals surface area contributed by atoms with Crippen LogP contribution in [0.3, 0.4) is 0 Å². The van der Waals surface area contributed by atoms with E-state index < -0.39 is 0 Å². The van der Waals surface area contributed by atoms with Crippen molar-refractivity contribution in [2.45, 2.75) is 0 Å². The van der Waals surface area contributed by atoms with Crippen LogP contribution in [0, 0.1) is 0 Å². The Kier molecular flexibility index (Phi) is 6.11. The Labute approximate surface area is 107 Å². The van der Waals surface area contributed by atoms with Crippen molar-refractivity contribution in [2.75, 3.05) is 25.6 Å². The molecule has 0 bridgehead atoms. The van der Waals surface area contributed by atoms with Crippen molar-refractivity contribution in [3.05, 3.63) is 54.8 Å². The van der Waals surface area contributed by atoms with Gasteiger partial charge in [-0.3, -0.25) is 0 Å². The molecule has 18 heavy (non-hydrogen) atoms. The molecule has 1 aromatic carbocycles. The number of esters is 1. The summed E-state index contributed by atoms with van der Waals surface area (Å²) in [6, 6.07) is 7.09. The molecule has 96 valence electrons. The lowest BCUT2D eigenvalue weighted by atomic mass is 10.2. The van der Waals surface area contributed by atoms with Gasteiger partial charge in [-0.1, -0.05) is 12.7 Å². The topological polar surface area (TPSA) is 47.6 Å². The van der Waals surface area contributed by atoms with Crippen LogP contribution >= 0.6 is 0 Å². The summed E-state index contributed by atoms with van der Waals surface area (Å²) in [7, 11) is 1.82. The van der Waals surface area contributed by atoms with E-state index in [1.54, 1.807) is 24.5 Å². The minimum Gasteiger partial charge on any atom is -0.497 e. The van der Waals surface area contributed by atoms with Gasteiger partial charge in [0.2, 0.25) is 0 Å². The SMILES string of the molecule is C1=COC1.C=CCOC(=O)c1ccc(NC)cc1. The predicted octanol–water partition coefficient (Wildman–Crippen LogP) is 2.60. The lowest BCUT2D eigenvalue weighted by molar-refractivity contribution is 0.0550. The molecule has 4 nitrogen and oxygen atoms in total. The van der Waals surface area contributed by atoms with Crippen LogP contribution in [-0.4, -0.2) is 26.2 Å². The van der Waals surface area contributed by atoms with E-state index in [2.05, 4.69) is 16.6 Å². The van der Waals surface area contributed by atoms with Gasteiger partial charge < -0.3 is 14.8 Å². The molecule has 1 heterocycles. The molecule has 0 fully saturated rings. The lowest BCUT2D eigenvalue weighted by Crippen LogP contribution is -2.04. The quantitative estimate of drug-likeness (QED) is 0.656. The number of hydrogen-bond donors (Lipinski definition) is 1. The minimum atomic E-state index is -0.326. The van der Waals surface area contributed by atoms with E-state index in [0.717, 1.165) is 12.3 Å². The molecule has 0 atom stereocenters. The van der Waals surface area contributed by atoms with Gasteiger partial charge >= 0.3 is 5.97 Å². The molecule has 0 aliphatic carbocycles. The van der Waals surface area contributed by atoms with Crippen LogP contribution in [0.2, 0.25) is 0 Å². The number of rotatable bonds is 4. The van der Waals surface area contributed by atoms with E-state index in [9.17, 15) is 4.79 Å². The van der Waals surface area contributed by atoms with Gasteiger partial charge in [0.05, 0.1) is 11.8 Å². The molecule has 1 aliphatic heterocycles. The van der Waals surface area contributed by atoms with Crippen LogP contribution in [0.15, 0.2) is 49.3 Å². The first kappa shape index (κ1) is 13.8. The summed E-state index contributed by atoms with van der Waals surface area (Å²) < 4.78 is 9.42. The molecule has 1 N–H and O–H groups in total. The van der Waals surface area contributed by atoms with Crippen molar-refractivity contribution >= 4 is 11.7 Å². The minimum absolute atomic E-state index is 0.243. The molecular weight excluding hydrogens is 230 g/mol. The maximum atomic E-state index is 11.3. The number of anilines is 1. The fourth-order valence-corrected chi connectivity index (χ4v) is 1.09. The summed E-state index contributed by atoms with van der Waals surface area (Å²) in [6.45, 7) is 4.53. The zero-order valence-electron chi connectivity index (χ0n) is 10.4. The summed E-state index contributed by atoms with van der Waals surface area (Å²) >= 11 is 0. The van der Waals surface area contributed by atoms with E-state index in [-0.39, 0.29) is 12.6 Å². The second-order valence-corrected chi connectivity index (χ2v) is 3.42. The summed E-state index contributed by atoms with van der Waals surface area (Å²) in [6.07, 6.45) is 5.18. The number of benzene rings is 1. The van der Waals surface area contributed by atoms with Crippen LogP contribution < -0.4 is 5.32 Å². The normalized spacial score (nSPS) is 11.2. The monoisotopic (exact) mass is 247 g/mol. The zero-order valence-corrected chi connectivity index (χ0v) is 10.4. The average molecular weight is 247 g/mol. The van der Waals surface area contributed by atoms with Crippen LogP contribution in [0.25, 0.3) is 0 Å². The third-order valence-corrected chi connectivity index (χ3v) is 2.13. The first-order chi connectivity index (χ1) is 8.77. The lowest BCUT2D eigenvalue weighted by Gasteiger charge is -2.03. The number of carbonyl (C=O) groups is 1. The standard InChI is InChI=1S/C11H13NO2.C3H4O/c1-3-8-14-11(13)9-4-6-10(12-2)7-5-9;1-2-4-3-1/h3-7,12H,1,8H2,2H3;1-2H,3H2. The fraction of sp³-hybridized carbons (Fsp3) is 0.214. The Morgan fingerprint density at radius 1 is 1.50 bits per heavy atom. The number of nitrogens with one attached hydrogen (secondary N) is 1. The second-order valence-electron chi connectivity index (χ2n) is 3.42. The summed E-state index contributed by atoms with van der Waals surface area (Å²) in [5.41, 5.74) is 1.51. The Balaban J connectivity index is 0.000000341. The first-order valence-electron chi connectivity index (χ1n) is 5.60. The maximum Gasteiger partial charge on any atom is 0.338 e. The van der Waals surface area contributed by atoms with E-state index in [1.165, 1.54) is 0 Å². The van der Waals surface area contributed by atoms with Gasteiger partial charge in [-0.05, 0) is 30.3 Å². The van der Waals surface area contributed by atoms with Crippen molar-refractivity contribution in [2.24, 2.45) is 0 Å². The molecular formula is C14H17NO3. The smallest absolute Gasteiger partial charge is 0.338 e. The summed E-state index contributed by atoms with van der Waals surface area (Å²) in [5, 5.41) is 2.97. The highest BCUT2D eigenvalue weighted by atomic mass is 16.5. The largest absolute Gasteiger partial charge is 0.497 e.